The number of aromatic amines is 1. The number of hydrogen-bond acceptors (Lipinski definition) is 4. The van der Waals surface area contributed by atoms with Crippen LogP contribution in [0.2, 0.25) is 0 Å². The van der Waals surface area contributed by atoms with Crippen LogP contribution in [0.25, 0.3) is 11.1 Å². The summed E-state index contributed by atoms with van der Waals surface area (Å²) in [5.41, 5.74) is 1.25. The van der Waals surface area contributed by atoms with Gasteiger partial charge in [-0.05, 0) is 18.2 Å². The zero-order valence-corrected chi connectivity index (χ0v) is 9.00. The van der Waals surface area contributed by atoms with Gasteiger partial charge in [-0.15, -0.1) is 11.8 Å². The van der Waals surface area contributed by atoms with E-state index in [2.05, 4.69) is 4.98 Å². The van der Waals surface area contributed by atoms with E-state index >= 15 is 0 Å². The first-order valence-electron chi connectivity index (χ1n) is 4.59. The number of aliphatic hydroxyl groups is 1. The Morgan fingerprint density at radius 3 is 3.13 bits per heavy atom. The Morgan fingerprint density at radius 1 is 1.60 bits per heavy atom. The third kappa shape index (κ3) is 2.24. The van der Waals surface area contributed by atoms with Crippen LogP contribution in [-0.2, 0) is 0 Å². The topological polar surface area (TPSA) is 66.2 Å². The molecule has 0 bridgehead atoms. The molecule has 0 saturated carbocycles. The van der Waals surface area contributed by atoms with Crippen LogP contribution in [-0.4, -0.2) is 21.9 Å². The highest BCUT2D eigenvalue weighted by Gasteiger charge is 2.05. The number of hydrogen-bond donors (Lipinski definition) is 2. The number of H-pyrrole nitrogens is 1. The normalized spacial score (nSPS) is 13.2. The van der Waals surface area contributed by atoms with Crippen molar-refractivity contribution in [3.63, 3.8) is 0 Å². The number of rotatable bonds is 3. The van der Waals surface area contributed by atoms with E-state index in [0.717, 1.165) is 4.90 Å². The first kappa shape index (κ1) is 10.3. The van der Waals surface area contributed by atoms with Crippen LogP contribution in [0, 0.1) is 0 Å². The predicted octanol–water partition coefficient (Wildman–Crippen LogP) is 1.59. The fourth-order valence-corrected chi connectivity index (χ4v) is 2.13. The summed E-state index contributed by atoms with van der Waals surface area (Å²) < 4.78 is 4.94. The van der Waals surface area contributed by atoms with Gasteiger partial charge in [0, 0.05) is 10.1 Å². The van der Waals surface area contributed by atoms with E-state index in [1.54, 1.807) is 23.9 Å². The maximum atomic E-state index is 10.9. The maximum absolute atomic E-state index is 10.9. The number of nitrogens with one attached hydrogen (secondary N) is 1. The third-order valence-corrected chi connectivity index (χ3v) is 3.06. The van der Waals surface area contributed by atoms with Gasteiger partial charge in [0.1, 0.15) is 0 Å². The van der Waals surface area contributed by atoms with Gasteiger partial charge in [0.05, 0.1) is 12.1 Å². The molecule has 1 atom stereocenters. The van der Waals surface area contributed by atoms with Gasteiger partial charge < -0.3 is 9.52 Å². The predicted molar refractivity (Wildman–Crippen MR) is 59.2 cm³/mol. The largest absolute Gasteiger partial charge is 0.417 e. The summed E-state index contributed by atoms with van der Waals surface area (Å²) in [4.78, 5) is 14.5. The third-order valence-electron chi connectivity index (χ3n) is 1.99. The van der Waals surface area contributed by atoms with E-state index in [9.17, 15) is 4.79 Å². The number of fused-ring (bicyclic) bond motifs is 1. The van der Waals surface area contributed by atoms with Crippen molar-refractivity contribution in [2.75, 3.05) is 6.61 Å². The molecule has 1 unspecified atom stereocenters. The lowest BCUT2D eigenvalue weighted by Gasteiger charge is -2.06. The van der Waals surface area contributed by atoms with Gasteiger partial charge in [-0.2, -0.15) is 0 Å². The average Bonchev–Trinajstić information content (AvgIpc) is 2.57. The van der Waals surface area contributed by atoms with Crippen LogP contribution in [0.3, 0.4) is 0 Å². The van der Waals surface area contributed by atoms with E-state index in [0.29, 0.717) is 11.1 Å². The van der Waals surface area contributed by atoms with E-state index in [4.69, 9.17) is 9.52 Å². The lowest BCUT2D eigenvalue weighted by atomic mass is 10.3. The molecule has 80 valence electrons. The van der Waals surface area contributed by atoms with Crippen LogP contribution in [0.1, 0.15) is 6.92 Å². The molecule has 2 aromatic rings. The molecule has 1 aromatic carbocycles. The van der Waals surface area contributed by atoms with E-state index < -0.39 is 5.76 Å². The molecule has 0 aliphatic carbocycles. The average molecular weight is 225 g/mol. The first-order valence-corrected chi connectivity index (χ1v) is 5.47. The van der Waals surface area contributed by atoms with Crippen LogP contribution in [0.5, 0.6) is 0 Å². The van der Waals surface area contributed by atoms with Gasteiger partial charge in [0.25, 0.3) is 0 Å². The Balaban J connectivity index is 2.34. The molecule has 4 nitrogen and oxygen atoms in total. The molecule has 0 fully saturated rings. The molecule has 2 N–H and O–H groups in total. The number of benzene rings is 1. The highest BCUT2D eigenvalue weighted by molar-refractivity contribution is 8.00. The smallest absolute Gasteiger partial charge is 0.408 e. The highest BCUT2D eigenvalue weighted by atomic mass is 32.2. The fraction of sp³-hybridized carbons (Fsp3) is 0.300. The van der Waals surface area contributed by atoms with Gasteiger partial charge in [0.2, 0.25) is 0 Å². The summed E-state index contributed by atoms with van der Waals surface area (Å²) in [6.07, 6.45) is 0. The molecule has 0 aliphatic rings. The van der Waals surface area contributed by atoms with Crippen LogP contribution in [0.4, 0.5) is 0 Å². The van der Waals surface area contributed by atoms with Gasteiger partial charge in [-0.1, -0.05) is 6.92 Å². The molecule has 0 aliphatic heterocycles. The van der Waals surface area contributed by atoms with Crippen molar-refractivity contribution in [3.8, 4) is 0 Å². The molecule has 5 heteroatoms. The van der Waals surface area contributed by atoms with Crippen molar-refractivity contribution in [1.82, 2.24) is 4.98 Å². The van der Waals surface area contributed by atoms with Gasteiger partial charge in [-0.25, -0.2) is 4.79 Å². The van der Waals surface area contributed by atoms with Crippen molar-refractivity contribution >= 4 is 22.9 Å². The van der Waals surface area contributed by atoms with Crippen molar-refractivity contribution < 1.29 is 9.52 Å². The summed E-state index contributed by atoms with van der Waals surface area (Å²) in [5.74, 6) is -0.442. The Hall–Kier alpha value is -1.20. The van der Waals surface area contributed by atoms with Crippen molar-refractivity contribution in [2.24, 2.45) is 0 Å². The molecule has 15 heavy (non-hydrogen) atoms. The Labute approximate surface area is 90.3 Å². The van der Waals surface area contributed by atoms with Crippen LogP contribution < -0.4 is 5.76 Å². The van der Waals surface area contributed by atoms with Gasteiger partial charge in [0.15, 0.2) is 5.58 Å². The minimum absolute atomic E-state index is 0.125. The zero-order chi connectivity index (χ0) is 10.8. The summed E-state index contributed by atoms with van der Waals surface area (Å²) in [7, 11) is 0. The van der Waals surface area contributed by atoms with Crippen molar-refractivity contribution in [3.05, 3.63) is 28.7 Å². The quantitative estimate of drug-likeness (QED) is 0.778. The first-order chi connectivity index (χ1) is 7.19. The maximum Gasteiger partial charge on any atom is 0.417 e. The minimum Gasteiger partial charge on any atom is -0.408 e. The van der Waals surface area contributed by atoms with E-state index in [1.165, 1.54) is 0 Å². The molecular weight excluding hydrogens is 214 g/mol. The molecule has 0 spiro atoms. The molecule has 0 saturated heterocycles. The standard InChI is InChI=1S/C10H11NO3S/c1-6(5-12)15-7-2-3-8-9(4-7)14-10(13)11-8/h2-4,6,12H,5H2,1H3,(H,11,13). The second-order valence-corrected chi connectivity index (χ2v) is 4.80. The second-order valence-electron chi connectivity index (χ2n) is 3.28. The molecule has 0 radical (unpaired) electrons. The van der Waals surface area contributed by atoms with Crippen molar-refractivity contribution in [1.29, 1.82) is 0 Å². The monoisotopic (exact) mass is 225 g/mol. The Kier molecular flexibility index (Phi) is 2.83. The molecule has 1 aromatic heterocycles. The SMILES string of the molecule is CC(CO)Sc1ccc2[nH]c(=O)oc2c1. The fourth-order valence-electron chi connectivity index (χ4n) is 1.27. The molecular formula is C10H11NO3S. The van der Waals surface area contributed by atoms with E-state index in [-0.39, 0.29) is 11.9 Å². The summed E-state index contributed by atoms with van der Waals surface area (Å²) >= 11 is 1.54. The number of aliphatic hydroxyl groups excluding tert-OH is 1. The molecule has 0 amide bonds. The van der Waals surface area contributed by atoms with Crippen LogP contribution >= 0.6 is 11.8 Å². The minimum atomic E-state index is -0.442. The Bertz CT molecular complexity index is 517. The Morgan fingerprint density at radius 2 is 2.40 bits per heavy atom. The zero-order valence-electron chi connectivity index (χ0n) is 8.19. The van der Waals surface area contributed by atoms with Gasteiger partial charge >= 0.3 is 5.76 Å². The van der Waals surface area contributed by atoms with Crippen LogP contribution in [0.15, 0.2) is 32.3 Å². The number of oxazole rings is 1. The highest BCUT2D eigenvalue weighted by Crippen LogP contribution is 2.25. The molecule has 1 heterocycles. The summed E-state index contributed by atoms with van der Waals surface area (Å²) in [5, 5.41) is 9.05. The van der Waals surface area contributed by atoms with E-state index in [1.807, 2.05) is 13.0 Å². The number of thioether (sulfide) groups is 1. The van der Waals surface area contributed by atoms with Crippen molar-refractivity contribution in [2.45, 2.75) is 17.1 Å². The second kappa shape index (κ2) is 4.12. The van der Waals surface area contributed by atoms with Gasteiger partial charge in [-0.3, -0.25) is 4.98 Å². The number of aromatic nitrogens is 1. The summed E-state index contributed by atoms with van der Waals surface area (Å²) in [6, 6.07) is 5.49. The summed E-state index contributed by atoms with van der Waals surface area (Å²) in [6.45, 7) is 2.06. The molecule has 2 rings (SSSR count). The lowest BCUT2D eigenvalue weighted by molar-refractivity contribution is 0.300. The lowest BCUT2D eigenvalue weighted by Crippen LogP contribution is -2.00.